The summed E-state index contributed by atoms with van der Waals surface area (Å²) in [5, 5.41) is 18.3. The van der Waals surface area contributed by atoms with Crippen molar-refractivity contribution in [1.29, 1.82) is 0 Å². The highest BCUT2D eigenvalue weighted by Crippen LogP contribution is 2.08. The molecular weight excluding hydrogens is 174 g/mol. The Morgan fingerprint density at radius 3 is 2.62 bits per heavy atom. The van der Waals surface area contributed by atoms with E-state index in [-0.39, 0.29) is 11.5 Å². The molecule has 13 heavy (non-hydrogen) atoms. The number of hydrogen-bond donors (Lipinski definition) is 2. The molecule has 70 valence electrons. The maximum Gasteiger partial charge on any atom is 0.339 e. The fourth-order valence-electron chi connectivity index (χ4n) is 0.821. The summed E-state index contributed by atoms with van der Waals surface area (Å²) in [6.07, 6.45) is 1.16. The number of anilines is 1. The van der Waals surface area contributed by atoms with Gasteiger partial charge in [-0.3, -0.25) is 5.21 Å². The number of carbonyl (C=O) groups is 1. The van der Waals surface area contributed by atoms with Crippen LogP contribution in [0.3, 0.4) is 0 Å². The molecule has 0 saturated heterocycles. The molecule has 1 aromatic rings. The third kappa shape index (κ3) is 1.91. The average Bonchev–Trinajstić information content (AvgIpc) is 2.03. The van der Waals surface area contributed by atoms with Crippen molar-refractivity contribution in [2.75, 3.05) is 12.1 Å². The Morgan fingerprint density at radius 2 is 2.23 bits per heavy atom. The summed E-state index contributed by atoms with van der Waals surface area (Å²) in [7, 11) is 1.36. The van der Waals surface area contributed by atoms with Gasteiger partial charge in [-0.2, -0.15) is 0 Å². The van der Waals surface area contributed by atoms with Crippen molar-refractivity contribution in [3.05, 3.63) is 17.5 Å². The first kappa shape index (κ1) is 9.40. The predicted molar refractivity (Wildman–Crippen MR) is 43.9 cm³/mol. The molecule has 0 aliphatic heterocycles. The molecule has 0 spiro atoms. The van der Waals surface area contributed by atoms with Crippen LogP contribution in [0.25, 0.3) is 0 Å². The number of carboxylic acids is 1. The highest BCUT2D eigenvalue weighted by atomic mass is 16.5. The standard InChI is InChI=1S/C7H9N3O3/c1-4-5(6(11)12)3-8-7(9-4)10(2)13/h3,13H,1-2H3,(H,11,12). The van der Waals surface area contributed by atoms with Gasteiger partial charge in [0.15, 0.2) is 0 Å². The van der Waals surface area contributed by atoms with Gasteiger partial charge in [-0.15, -0.1) is 0 Å². The Balaban J connectivity index is 3.13. The third-order valence-corrected chi connectivity index (χ3v) is 1.49. The summed E-state index contributed by atoms with van der Waals surface area (Å²) in [4.78, 5) is 18.0. The number of rotatable bonds is 2. The van der Waals surface area contributed by atoms with Crippen molar-refractivity contribution in [1.82, 2.24) is 9.97 Å². The molecular formula is C7H9N3O3. The Morgan fingerprint density at radius 1 is 1.62 bits per heavy atom. The summed E-state index contributed by atoms with van der Waals surface area (Å²) in [5.41, 5.74) is 0.351. The van der Waals surface area contributed by atoms with Gasteiger partial charge in [0.05, 0.1) is 11.3 Å². The van der Waals surface area contributed by atoms with E-state index in [0.29, 0.717) is 5.69 Å². The summed E-state index contributed by atoms with van der Waals surface area (Å²) in [5.74, 6) is -1.01. The second kappa shape index (κ2) is 3.36. The lowest BCUT2D eigenvalue weighted by Crippen LogP contribution is -2.15. The minimum atomic E-state index is -1.08. The minimum absolute atomic E-state index is 0.0330. The van der Waals surface area contributed by atoms with Crippen molar-refractivity contribution in [3.63, 3.8) is 0 Å². The fourth-order valence-corrected chi connectivity index (χ4v) is 0.821. The van der Waals surface area contributed by atoms with Gasteiger partial charge in [-0.1, -0.05) is 0 Å². The lowest BCUT2D eigenvalue weighted by molar-refractivity contribution is 0.0695. The maximum absolute atomic E-state index is 10.5. The lowest BCUT2D eigenvalue weighted by atomic mass is 10.2. The Bertz CT molecular complexity index is 338. The van der Waals surface area contributed by atoms with Crippen LogP contribution in [0, 0.1) is 6.92 Å². The van der Waals surface area contributed by atoms with Crippen LogP contribution in [0.4, 0.5) is 5.95 Å². The van der Waals surface area contributed by atoms with Crippen LogP contribution in [0.5, 0.6) is 0 Å². The van der Waals surface area contributed by atoms with E-state index >= 15 is 0 Å². The molecule has 0 amide bonds. The van der Waals surface area contributed by atoms with Crippen molar-refractivity contribution in [3.8, 4) is 0 Å². The Hall–Kier alpha value is -1.69. The molecule has 2 N–H and O–H groups in total. The van der Waals surface area contributed by atoms with E-state index in [0.717, 1.165) is 11.3 Å². The van der Waals surface area contributed by atoms with Crippen molar-refractivity contribution < 1.29 is 15.1 Å². The molecule has 0 unspecified atom stereocenters. The van der Waals surface area contributed by atoms with Crippen LogP contribution in [0.1, 0.15) is 16.1 Å². The van der Waals surface area contributed by atoms with Crippen molar-refractivity contribution in [2.24, 2.45) is 0 Å². The van der Waals surface area contributed by atoms with Gasteiger partial charge in [0.1, 0.15) is 0 Å². The monoisotopic (exact) mass is 183 g/mol. The van der Waals surface area contributed by atoms with Gasteiger partial charge >= 0.3 is 5.97 Å². The van der Waals surface area contributed by atoms with E-state index in [4.69, 9.17) is 10.3 Å². The van der Waals surface area contributed by atoms with Crippen LogP contribution in [-0.2, 0) is 0 Å². The van der Waals surface area contributed by atoms with Gasteiger partial charge in [0.2, 0.25) is 5.95 Å². The van der Waals surface area contributed by atoms with Gasteiger partial charge in [-0.05, 0) is 6.92 Å². The smallest absolute Gasteiger partial charge is 0.339 e. The molecule has 6 nitrogen and oxygen atoms in total. The summed E-state index contributed by atoms with van der Waals surface area (Å²) < 4.78 is 0. The Labute approximate surface area is 74.4 Å². The van der Waals surface area contributed by atoms with Crippen LogP contribution in [0.2, 0.25) is 0 Å². The Kier molecular flexibility index (Phi) is 2.43. The van der Waals surface area contributed by atoms with Crippen LogP contribution >= 0.6 is 0 Å². The maximum atomic E-state index is 10.5. The number of aromatic nitrogens is 2. The first-order valence-corrected chi connectivity index (χ1v) is 3.52. The molecule has 1 heterocycles. The fraction of sp³-hybridized carbons (Fsp3) is 0.286. The van der Waals surface area contributed by atoms with E-state index in [9.17, 15) is 4.79 Å². The predicted octanol–water partition coefficient (Wildman–Crippen LogP) is 0.309. The minimum Gasteiger partial charge on any atom is -0.478 e. The van der Waals surface area contributed by atoms with E-state index in [1.165, 1.54) is 14.0 Å². The summed E-state index contributed by atoms with van der Waals surface area (Å²) in [6, 6.07) is 0. The molecule has 6 heteroatoms. The molecule has 0 radical (unpaired) electrons. The average molecular weight is 183 g/mol. The lowest BCUT2D eigenvalue weighted by Gasteiger charge is -2.08. The quantitative estimate of drug-likeness (QED) is 0.641. The molecule has 0 aliphatic carbocycles. The van der Waals surface area contributed by atoms with Crippen LogP contribution in [-0.4, -0.2) is 33.3 Å². The first-order chi connectivity index (χ1) is 6.02. The SMILES string of the molecule is Cc1nc(N(C)O)ncc1C(=O)O. The zero-order chi connectivity index (χ0) is 10.0. The third-order valence-electron chi connectivity index (χ3n) is 1.49. The van der Waals surface area contributed by atoms with E-state index < -0.39 is 5.97 Å². The molecule has 1 rings (SSSR count). The molecule has 0 bridgehead atoms. The normalized spacial score (nSPS) is 9.77. The van der Waals surface area contributed by atoms with Gasteiger partial charge in [0, 0.05) is 13.2 Å². The molecule has 0 atom stereocenters. The highest BCUT2D eigenvalue weighted by Gasteiger charge is 2.10. The van der Waals surface area contributed by atoms with Gasteiger partial charge in [-0.25, -0.2) is 19.8 Å². The number of aromatic carboxylic acids is 1. The highest BCUT2D eigenvalue weighted by molar-refractivity contribution is 5.88. The molecule has 1 aromatic heterocycles. The number of carboxylic acid groups (broad SMARTS) is 1. The van der Waals surface area contributed by atoms with Crippen LogP contribution < -0.4 is 5.06 Å². The van der Waals surface area contributed by atoms with Crippen molar-refractivity contribution in [2.45, 2.75) is 6.92 Å². The van der Waals surface area contributed by atoms with Gasteiger partial charge in [0.25, 0.3) is 0 Å². The van der Waals surface area contributed by atoms with Crippen LogP contribution in [0.15, 0.2) is 6.20 Å². The molecule has 0 fully saturated rings. The van der Waals surface area contributed by atoms with E-state index in [2.05, 4.69) is 9.97 Å². The first-order valence-electron chi connectivity index (χ1n) is 3.52. The van der Waals surface area contributed by atoms with E-state index in [1.807, 2.05) is 0 Å². The summed E-state index contributed by atoms with van der Waals surface area (Å²) in [6.45, 7) is 1.54. The topological polar surface area (TPSA) is 86.5 Å². The zero-order valence-corrected chi connectivity index (χ0v) is 7.22. The largest absolute Gasteiger partial charge is 0.478 e. The van der Waals surface area contributed by atoms with E-state index in [1.54, 1.807) is 0 Å². The number of hydrogen-bond acceptors (Lipinski definition) is 5. The second-order valence-corrected chi connectivity index (χ2v) is 2.50. The molecule has 0 saturated carbocycles. The molecule has 0 aromatic carbocycles. The van der Waals surface area contributed by atoms with Crippen molar-refractivity contribution >= 4 is 11.9 Å². The summed E-state index contributed by atoms with van der Waals surface area (Å²) >= 11 is 0. The van der Waals surface area contributed by atoms with Gasteiger partial charge < -0.3 is 5.11 Å². The zero-order valence-electron chi connectivity index (χ0n) is 7.22. The number of nitrogens with zero attached hydrogens (tertiary/aromatic N) is 3. The second-order valence-electron chi connectivity index (χ2n) is 2.50. The molecule has 0 aliphatic rings. The number of hydroxylamine groups is 1. The number of aryl methyl sites for hydroxylation is 1.